The number of carbonyl (C=O) groups excluding carboxylic acids is 1. The summed E-state index contributed by atoms with van der Waals surface area (Å²) in [4.78, 5) is 11.4. The molecule has 14 heavy (non-hydrogen) atoms. The third-order valence-electron chi connectivity index (χ3n) is 1.98. The number of halogens is 1. The first kappa shape index (κ1) is 10.9. The van der Waals surface area contributed by atoms with Crippen molar-refractivity contribution >= 4 is 21.7 Å². The molecule has 2 nitrogen and oxygen atoms in total. The summed E-state index contributed by atoms with van der Waals surface area (Å²) >= 11 is 3.23. The van der Waals surface area contributed by atoms with Crippen LogP contribution in [0.2, 0.25) is 0 Å². The van der Waals surface area contributed by atoms with Crippen LogP contribution in [0, 0.1) is 18.3 Å². The number of alkyl halides is 1. The molecule has 0 saturated heterocycles. The van der Waals surface area contributed by atoms with Gasteiger partial charge in [0, 0.05) is 5.56 Å². The van der Waals surface area contributed by atoms with Crippen LogP contribution in [0.5, 0.6) is 0 Å². The fraction of sp³-hybridized carbons (Fsp3) is 0.273. The molecule has 0 heterocycles. The summed E-state index contributed by atoms with van der Waals surface area (Å²) in [5.74, 6) is 0.0481. The summed E-state index contributed by atoms with van der Waals surface area (Å²) in [5, 5.41) is 8.66. The molecule has 1 atom stereocenters. The number of ketones is 1. The van der Waals surface area contributed by atoms with Crippen LogP contribution >= 0.6 is 15.9 Å². The van der Waals surface area contributed by atoms with Crippen LogP contribution in [-0.2, 0) is 0 Å². The topological polar surface area (TPSA) is 40.9 Å². The Balaban J connectivity index is 3.14. The molecule has 0 radical (unpaired) electrons. The zero-order valence-corrected chi connectivity index (χ0v) is 9.63. The maximum absolute atomic E-state index is 11.6. The monoisotopic (exact) mass is 251 g/mol. The van der Waals surface area contributed by atoms with Crippen molar-refractivity contribution in [2.45, 2.75) is 18.7 Å². The van der Waals surface area contributed by atoms with Crippen molar-refractivity contribution in [3.8, 4) is 6.07 Å². The Bertz CT molecular complexity index is 404. The summed E-state index contributed by atoms with van der Waals surface area (Å²) in [6.07, 6.45) is 0. The molecule has 0 spiro atoms. The van der Waals surface area contributed by atoms with Gasteiger partial charge in [0.25, 0.3) is 0 Å². The molecular formula is C11H10BrNO. The summed E-state index contributed by atoms with van der Waals surface area (Å²) in [7, 11) is 0. The second kappa shape index (κ2) is 4.39. The van der Waals surface area contributed by atoms with E-state index in [9.17, 15) is 4.79 Å². The lowest BCUT2D eigenvalue weighted by Crippen LogP contribution is -2.11. The molecular weight excluding hydrogens is 242 g/mol. The van der Waals surface area contributed by atoms with Gasteiger partial charge in [0.15, 0.2) is 5.78 Å². The molecule has 3 heteroatoms. The van der Waals surface area contributed by atoms with E-state index in [0.717, 1.165) is 5.56 Å². The maximum Gasteiger partial charge on any atom is 0.176 e. The van der Waals surface area contributed by atoms with Gasteiger partial charge in [-0.3, -0.25) is 4.79 Å². The van der Waals surface area contributed by atoms with E-state index in [1.165, 1.54) is 0 Å². The number of carbonyl (C=O) groups is 1. The minimum absolute atomic E-state index is 0.0481. The van der Waals surface area contributed by atoms with Crippen LogP contribution in [0.3, 0.4) is 0 Å². The number of benzene rings is 1. The fourth-order valence-electron chi connectivity index (χ4n) is 1.22. The predicted octanol–water partition coefficient (Wildman–Crippen LogP) is 2.83. The van der Waals surface area contributed by atoms with E-state index in [2.05, 4.69) is 15.9 Å². The third-order valence-corrected chi connectivity index (χ3v) is 2.40. The van der Waals surface area contributed by atoms with Crippen molar-refractivity contribution in [3.05, 3.63) is 34.9 Å². The van der Waals surface area contributed by atoms with E-state index in [1.807, 2.05) is 13.0 Å². The van der Waals surface area contributed by atoms with Crippen molar-refractivity contribution in [3.63, 3.8) is 0 Å². The SMILES string of the molecule is Cc1cc(C#N)ccc1C(=O)C(C)Br. The van der Waals surface area contributed by atoms with Crippen molar-refractivity contribution in [1.29, 1.82) is 5.26 Å². The molecule has 1 aromatic carbocycles. The average molecular weight is 252 g/mol. The molecule has 0 aliphatic carbocycles. The Hall–Kier alpha value is -1.14. The maximum atomic E-state index is 11.6. The minimum atomic E-state index is -0.186. The molecule has 0 amide bonds. The van der Waals surface area contributed by atoms with Crippen molar-refractivity contribution in [1.82, 2.24) is 0 Å². The van der Waals surface area contributed by atoms with Crippen LogP contribution < -0.4 is 0 Å². The zero-order valence-electron chi connectivity index (χ0n) is 8.04. The second-order valence-corrected chi connectivity index (χ2v) is 4.50. The number of hydrogen-bond donors (Lipinski definition) is 0. The van der Waals surface area contributed by atoms with Gasteiger partial charge >= 0.3 is 0 Å². The Kier molecular flexibility index (Phi) is 3.43. The summed E-state index contributed by atoms with van der Waals surface area (Å²) in [6.45, 7) is 3.63. The molecule has 1 unspecified atom stereocenters. The van der Waals surface area contributed by atoms with Gasteiger partial charge in [-0.1, -0.05) is 15.9 Å². The van der Waals surface area contributed by atoms with Crippen molar-refractivity contribution in [2.24, 2.45) is 0 Å². The minimum Gasteiger partial charge on any atom is -0.293 e. The molecule has 0 saturated carbocycles. The molecule has 0 aliphatic heterocycles. The number of rotatable bonds is 2. The number of Topliss-reactive ketones (excluding diaryl/α,β-unsaturated/α-hetero) is 1. The van der Waals surface area contributed by atoms with Gasteiger partial charge in [0.1, 0.15) is 0 Å². The van der Waals surface area contributed by atoms with Gasteiger partial charge in [0.2, 0.25) is 0 Å². The standard InChI is InChI=1S/C11H10BrNO/c1-7-5-9(6-13)3-4-10(7)11(14)8(2)12/h3-5,8H,1-2H3. The highest BCUT2D eigenvalue weighted by atomic mass is 79.9. The van der Waals surface area contributed by atoms with Gasteiger partial charge in [-0.2, -0.15) is 5.26 Å². The first-order chi connectivity index (χ1) is 6.56. The Morgan fingerprint density at radius 2 is 2.21 bits per heavy atom. The first-order valence-corrected chi connectivity index (χ1v) is 5.17. The highest BCUT2D eigenvalue weighted by Crippen LogP contribution is 2.15. The first-order valence-electron chi connectivity index (χ1n) is 4.25. The van der Waals surface area contributed by atoms with E-state index >= 15 is 0 Å². The third kappa shape index (κ3) is 2.21. The largest absolute Gasteiger partial charge is 0.293 e. The number of nitriles is 1. The highest BCUT2D eigenvalue weighted by Gasteiger charge is 2.13. The molecule has 0 aromatic heterocycles. The van der Waals surface area contributed by atoms with Crippen LogP contribution in [0.1, 0.15) is 28.4 Å². The van der Waals surface area contributed by atoms with Gasteiger partial charge in [-0.25, -0.2) is 0 Å². The molecule has 1 rings (SSSR count). The summed E-state index contributed by atoms with van der Waals surface area (Å²) in [5.41, 5.74) is 2.11. The summed E-state index contributed by atoms with van der Waals surface area (Å²) in [6, 6.07) is 7.13. The van der Waals surface area contributed by atoms with Gasteiger partial charge in [-0.15, -0.1) is 0 Å². The molecule has 0 bridgehead atoms. The van der Waals surface area contributed by atoms with E-state index in [-0.39, 0.29) is 10.6 Å². The molecule has 0 aliphatic rings. The van der Waals surface area contributed by atoms with E-state index in [1.54, 1.807) is 25.1 Å². The molecule has 72 valence electrons. The lowest BCUT2D eigenvalue weighted by molar-refractivity contribution is 0.0995. The summed E-state index contributed by atoms with van der Waals surface area (Å²) < 4.78 is 0. The van der Waals surface area contributed by atoms with E-state index in [4.69, 9.17) is 5.26 Å². The molecule has 0 fully saturated rings. The molecule has 0 N–H and O–H groups in total. The van der Waals surface area contributed by atoms with Crippen molar-refractivity contribution < 1.29 is 4.79 Å². The highest BCUT2D eigenvalue weighted by molar-refractivity contribution is 9.10. The van der Waals surface area contributed by atoms with Crippen LogP contribution in [0.4, 0.5) is 0 Å². The Labute approximate surface area is 91.7 Å². The normalized spacial score (nSPS) is 11.9. The smallest absolute Gasteiger partial charge is 0.176 e. The Morgan fingerprint density at radius 1 is 1.57 bits per heavy atom. The number of hydrogen-bond acceptors (Lipinski definition) is 2. The van der Waals surface area contributed by atoms with E-state index in [0.29, 0.717) is 11.1 Å². The van der Waals surface area contributed by atoms with Crippen LogP contribution in [0.15, 0.2) is 18.2 Å². The fourth-order valence-corrected chi connectivity index (χ4v) is 1.47. The number of nitrogens with zero attached hydrogens (tertiary/aromatic N) is 1. The lowest BCUT2D eigenvalue weighted by Gasteiger charge is -2.06. The van der Waals surface area contributed by atoms with Crippen molar-refractivity contribution in [2.75, 3.05) is 0 Å². The predicted molar refractivity (Wildman–Crippen MR) is 58.6 cm³/mol. The van der Waals surface area contributed by atoms with E-state index < -0.39 is 0 Å². The van der Waals surface area contributed by atoms with Gasteiger partial charge in [-0.05, 0) is 37.6 Å². The zero-order chi connectivity index (χ0) is 10.7. The lowest BCUT2D eigenvalue weighted by atomic mass is 10.0. The average Bonchev–Trinajstić information content (AvgIpc) is 2.16. The van der Waals surface area contributed by atoms with Crippen LogP contribution in [0.25, 0.3) is 0 Å². The van der Waals surface area contributed by atoms with Gasteiger partial charge < -0.3 is 0 Å². The quantitative estimate of drug-likeness (QED) is 0.599. The second-order valence-electron chi connectivity index (χ2n) is 3.12. The number of aryl methyl sites for hydroxylation is 1. The van der Waals surface area contributed by atoms with Gasteiger partial charge in [0.05, 0.1) is 16.5 Å². The van der Waals surface area contributed by atoms with Crippen LogP contribution in [-0.4, -0.2) is 10.6 Å². The molecule has 1 aromatic rings. The Morgan fingerprint density at radius 3 is 2.64 bits per heavy atom.